The van der Waals surface area contributed by atoms with Gasteiger partial charge in [-0.2, -0.15) is 0 Å². The van der Waals surface area contributed by atoms with E-state index in [2.05, 4.69) is 6.92 Å². The van der Waals surface area contributed by atoms with Crippen molar-refractivity contribution in [3.8, 4) is 0 Å². The third kappa shape index (κ3) is 4.30. The number of carbonyl (C=O) groups is 2. The Morgan fingerprint density at radius 3 is 2.22 bits per heavy atom. The molecule has 1 aromatic carbocycles. The minimum atomic E-state index is -0.635. The lowest BCUT2D eigenvalue weighted by atomic mass is 10.1. The lowest BCUT2D eigenvalue weighted by Crippen LogP contribution is -2.55. The highest BCUT2D eigenvalue weighted by atomic mass is 16.5. The summed E-state index contributed by atoms with van der Waals surface area (Å²) >= 11 is 0. The van der Waals surface area contributed by atoms with Gasteiger partial charge in [0, 0.05) is 38.9 Å². The summed E-state index contributed by atoms with van der Waals surface area (Å²) in [4.78, 5) is 28.1. The fraction of sp³-hybridized carbons (Fsp3) is 0.529. The number of carbonyl (C=O) groups excluding carboxylic acids is 2. The molecular weight excluding hydrogens is 294 g/mol. The van der Waals surface area contributed by atoms with Crippen molar-refractivity contribution in [2.24, 2.45) is 5.73 Å². The van der Waals surface area contributed by atoms with E-state index in [0.717, 1.165) is 6.42 Å². The Balaban J connectivity index is 1.90. The first-order chi connectivity index (χ1) is 11.1. The van der Waals surface area contributed by atoms with Crippen LogP contribution in [0.2, 0.25) is 0 Å². The summed E-state index contributed by atoms with van der Waals surface area (Å²) in [5, 5.41) is 0. The fourth-order valence-corrected chi connectivity index (χ4v) is 2.68. The topological polar surface area (TPSA) is 75.9 Å². The molecule has 126 valence electrons. The number of aryl methyl sites for hydroxylation is 1. The van der Waals surface area contributed by atoms with E-state index >= 15 is 0 Å². The molecule has 1 aromatic rings. The molecule has 1 aliphatic rings. The Kier molecular flexibility index (Phi) is 6.12. The number of methoxy groups -OCH3 is 1. The monoisotopic (exact) mass is 319 g/mol. The quantitative estimate of drug-likeness (QED) is 0.858. The van der Waals surface area contributed by atoms with Crippen molar-refractivity contribution >= 4 is 11.8 Å². The number of nitrogens with two attached hydrogens (primary N) is 1. The van der Waals surface area contributed by atoms with Gasteiger partial charge in [0.25, 0.3) is 5.91 Å². The predicted molar refractivity (Wildman–Crippen MR) is 88.2 cm³/mol. The Hall–Kier alpha value is -1.92. The minimum absolute atomic E-state index is 0.0148. The van der Waals surface area contributed by atoms with Gasteiger partial charge < -0.3 is 20.3 Å². The summed E-state index contributed by atoms with van der Waals surface area (Å²) in [6, 6.07) is 7.07. The minimum Gasteiger partial charge on any atom is -0.383 e. The van der Waals surface area contributed by atoms with E-state index in [1.165, 1.54) is 12.7 Å². The van der Waals surface area contributed by atoms with Crippen LogP contribution in [0.4, 0.5) is 0 Å². The van der Waals surface area contributed by atoms with Crippen molar-refractivity contribution in [1.29, 1.82) is 0 Å². The van der Waals surface area contributed by atoms with Gasteiger partial charge in [-0.05, 0) is 24.1 Å². The number of hydrogen-bond acceptors (Lipinski definition) is 4. The van der Waals surface area contributed by atoms with Crippen LogP contribution in [0.25, 0.3) is 0 Å². The number of amides is 2. The van der Waals surface area contributed by atoms with Crippen molar-refractivity contribution in [3.63, 3.8) is 0 Å². The molecule has 1 heterocycles. The van der Waals surface area contributed by atoms with Crippen LogP contribution < -0.4 is 5.73 Å². The van der Waals surface area contributed by atoms with E-state index < -0.39 is 6.04 Å². The number of piperazine rings is 1. The lowest BCUT2D eigenvalue weighted by Gasteiger charge is -2.35. The van der Waals surface area contributed by atoms with Crippen LogP contribution in [0.5, 0.6) is 0 Å². The maximum absolute atomic E-state index is 12.5. The largest absolute Gasteiger partial charge is 0.383 e. The molecule has 6 nitrogen and oxygen atoms in total. The molecule has 1 aliphatic heterocycles. The normalized spacial score (nSPS) is 16.3. The molecule has 2 rings (SSSR count). The zero-order valence-corrected chi connectivity index (χ0v) is 13.8. The van der Waals surface area contributed by atoms with Crippen molar-refractivity contribution in [3.05, 3.63) is 35.4 Å². The maximum Gasteiger partial charge on any atom is 0.253 e. The van der Waals surface area contributed by atoms with Gasteiger partial charge in [0.1, 0.15) is 6.04 Å². The standard InChI is InChI=1S/C17H25N3O3/c1-3-13-4-6-14(7-5-13)16(21)19-8-10-20(11-9-19)17(22)15(18)12-23-2/h4-7,15H,3,8-12,18H2,1-2H3. The summed E-state index contributed by atoms with van der Waals surface area (Å²) in [6.45, 7) is 4.37. The second-order valence-electron chi connectivity index (χ2n) is 5.73. The Bertz CT molecular complexity index is 537. The smallest absolute Gasteiger partial charge is 0.253 e. The van der Waals surface area contributed by atoms with Gasteiger partial charge in [0.2, 0.25) is 5.91 Å². The maximum atomic E-state index is 12.5. The van der Waals surface area contributed by atoms with Crippen molar-refractivity contribution < 1.29 is 14.3 Å². The molecule has 0 spiro atoms. The van der Waals surface area contributed by atoms with Gasteiger partial charge in [-0.3, -0.25) is 9.59 Å². The van der Waals surface area contributed by atoms with Crippen LogP contribution in [-0.2, 0) is 16.0 Å². The van der Waals surface area contributed by atoms with E-state index in [-0.39, 0.29) is 18.4 Å². The highest BCUT2D eigenvalue weighted by Crippen LogP contribution is 2.11. The lowest BCUT2D eigenvalue weighted by molar-refractivity contribution is -0.135. The highest BCUT2D eigenvalue weighted by Gasteiger charge is 2.27. The van der Waals surface area contributed by atoms with Crippen LogP contribution in [0.3, 0.4) is 0 Å². The molecule has 0 saturated carbocycles. The Morgan fingerprint density at radius 2 is 1.70 bits per heavy atom. The second kappa shape index (κ2) is 8.08. The summed E-state index contributed by atoms with van der Waals surface area (Å²) in [6.07, 6.45) is 0.955. The predicted octanol–water partition coefficient (Wildman–Crippen LogP) is 0.507. The molecular formula is C17H25N3O3. The average molecular weight is 319 g/mol. The van der Waals surface area contributed by atoms with E-state index in [9.17, 15) is 9.59 Å². The second-order valence-corrected chi connectivity index (χ2v) is 5.73. The molecule has 2 N–H and O–H groups in total. The first-order valence-corrected chi connectivity index (χ1v) is 7.98. The van der Waals surface area contributed by atoms with Crippen LogP contribution >= 0.6 is 0 Å². The van der Waals surface area contributed by atoms with Crippen LogP contribution in [0, 0.1) is 0 Å². The number of hydrogen-bond donors (Lipinski definition) is 1. The molecule has 6 heteroatoms. The zero-order chi connectivity index (χ0) is 16.8. The number of benzene rings is 1. The summed E-state index contributed by atoms with van der Waals surface area (Å²) in [5.41, 5.74) is 7.68. The molecule has 0 bridgehead atoms. The molecule has 0 radical (unpaired) electrons. The average Bonchev–Trinajstić information content (AvgIpc) is 2.61. The van der Waals surface area contributed by atoms with Gasteiger partial charge in [0.05, 0.1) is 6.61 Å². The van der Waals surface area contributed by atoms with Crippen molar-refractivity contribution in [2.45, 2.75) is 19.4 Å². The van der Waals surface area contributed by atoms with E-state index in [4.69, 9.17) is 10.5 Å². The Morgan fingerprint density at radius 1 is 1.13 bits per heavy atom. The number of nitrogens with zero attached hydrogens (tertiary/aromatic N) is 2. The molecule has 0 aliphatic carbocycles. The van der Waals surface area contributed by atoms with Gasteiger partial charge in [-0.15, -0.1) is 0 Å². The van der Waals surface area contributed by atoms with Crippen LogP contribution in [0.15, 0.2) is 24.3 Å². The van der Waals surface area contributed by atoms with Crippen LogP contribution in [0.1, 0.15) is 22.8 Å². The third-order valence-electron chi connectivity index (χ3n) is 4.15. The number of ether oxygens (including phenoxy) is 1. The zero-order valence-electron chi connectivity index (χ0n) is 13.8. The molecule has 0 aromatic heterocycles. The SMILES string of the molecule is CCc1ccc(C(=O)N2CCN(C(=O)C(N)COC)CC2)cc1. The van der Waals surface area contributed by atoms with Gasteiger partial charge in [-0.25, -0.2) is 0 Å². The molecule has 1 atom stereocenters. The van der Waals surface area contributed by atoms with E-state index in [1.54, 1.807) is 9.80 Å². The third-order valence-corrected chi connectivity index (χ3v) is 4.15. The molecule has 1 saturated heterocycles. The number of rotatable bonds is 5. The first-order valence-electron chi connectivity index (χ1n) is 7.98. The first kappa shape index (κ1) is 17.4. The fourth-order valence-electron chi connectivity index (χ4n) is 2.68. The van der Waals surface area contributed by atoms with Gasteiger partial charge in [-0.1, -0.05) is 19.1 Å². The molecule has 1 fully saturated rings. The molecule has 1 unspecified atom stereocenters. The van der Waals surface area contributed by atoms with E-state index in [0.29, 0.717) is 31.7 Å². The highest BCUT2D eigenvalue weighted by molar-refractivity contribution is 5.94. The van der Waals surface area contributed by atoms with Gasteiger partial charge in [0.15, 0.2) is 0 Å². The van der Waals surface area contributed by atoms with Crippen molar-refractivity contribution in [2.75, 3.05) is 39.9 Å². The van der Waals surface area contributed by atoms with Gasteiger partial charge >= 0.3 is 0 Å². The molecule has 23 heavy (non-hydrogen) atoms. The molecule has 2 amide bonds. The summed E-state index contributed by atoms with van der Waals surface area (Å²) < 4.78 is 4.91. The summed E-state index contributed by atoms with van der Waals surface area (Å²) in [5.74, 6) is -0.104. The van der Waals surface area contributed by atoms with Crippen LogP contribution in [-0.4, -0.2) is 67.6 Å². The Labute approximate surface area is 137 Å². The van der Waals surface area contributed by atoms with E-state index in [1.807, 2.05) is 24.3 Å². The van der Waals surface area contributed by atoms with Crippen molar-refractivity contribution in [1.82, 2.24) is 9.80 Å². The summed E-state index contributed by atoms with van der Waals surface area (Å²) in [7, 11) is 1.52.